The molecule has 254 valence electrons. The van der Waals surface area contributed by atoms with Crippen molar-refractivity contribution in [3.63, 3.8) is 0 Å². The van der Waals surface area contributed by atoms with Gasteiger partial charge in [-0.15, -0.1) is 0 Å². The predicted octanol–water partition coefficient (Wildman–Crippen LogP) is 13.7. The summed E-state index contributed by atoms with van der Waals surface area (Å²) in [6.45, 7) is 16.0. The zero-order valence-electron chi connectivity index (χ0n) is 29.5. The summed E-state index contributed by atoms with van der Waals surface area (Å²) in [7, 11) is 0. The Morgan fingerprint density at radius 1 is 0.382 bits per heavy atom. The van der Waals surface area contributed by atoms with Gasteiger partial charge in [-0.3, -0.25) is 0 Å². The highest BCUT2D eigenvalue weighted by atomic mass is 15.0. The average Bonchev–Trinajstić information content (AvgIpc) is 3.89. The number of para-hydroxylation sites is 5. The molecule has 0 radical (unpaired) electrons. The summed E-state index contributed by atoms with van der Waals surface area (Å²) in [4.78, 5) is 7.77. The summed E-state index contributed by atoms with van der Waals surface area (Å²) < 4.78 is 6.94. The molecule has 11 rings (SSSR count). The number of hydrogen-bond donors (Lipinski definition) is 0. The van der Waals surface area contributed by atoms with Crippen LogP contribution in [0.15, 0.2) is 176 Å². The van der Waals surface area contributed by atoms with Gasteiger partial charge in [0.25, 0.3) is 0 Å². The fourth-order valence-electron chi connectivity index (χ4n) is 8.80. The van der Waals surface area contributed by atoms with Crippen molar-refractivity contribution in [2.45, 2.75) is 0 Å². The standard InChI is InChI=1S/C50H29N5/c1-51-33-27-30-39-38-15-5-9-21-44(38)55(48(39)31-33)50-35(17-11-18-41(50)52-2)32-25-28-34(29-26-32)53-45-22-10-6-16-40(45)49-46(53)23-12-24-47(49)54-42-19-7-3-13-36(42)37-14-4-8-20-43(37)54/h3-31H. The second-order valence-corrected chi connectivity index (χ2v) is 13.9. The molecule has 0 saturated carbocycles. The van der Waals surface area contributed by atoms with Crippen LogP contribution in [0, 0.1) is 13.1 Å². The Morgan fingerprint density at radius 2 is 0.927 bits per heavy atom. The molecular formula is C50H29N5. The van der Waals surface area contributed by atoms with E-state index in [-0.39, 0.29) is 0 Å². The minimum atomic E-state index is 0.553. The van der Waals surface area contributed by atoms with Crippen LogP contribution in [0.1, 0.15) is 0 Å². The van der Waals surface area contributed by atoms with Gasteiger partial charge < -0.3 is 13.7 Å². The second kappa shape index (κ2) is 11.8. The van der Waals surface area contributed by atoms with Crippen LogP contribution in [0.2, 0.25) is 0 Å². The summed E-state index contributed by atoms with van der Waals surface area (Å²) in [6, 6.07) is 61.3. The van der Waals surface area contributed by atoms with Gasteiger partial charge in [0.15, 0.2) is 5.69 Å². The second-order valence-electron chi connectivity index (χ2n) is 13.9. The Balaban J connectivity index is 1.12. The van der Waals surface area contributed by atoms with Crippen LogP contribution < -0.4 is 0 Å². The Morgan fingerprint density at radius 3 is 1.56 bits per heavy atom. The minimum Gasteiger partial charge on any atom is -0.320 e. The quantitative estimate of drug-likeness (QED) is 0.163. The molecule has 0 bridgehead atoms. The topological polar surface area (TPSA) is 23.5 Å². The van der Waals surface area contributed by atoms with Crippen LogP contribution in [0.4, 0.5) is 11.4 Å². The molecule has 0 fully saturated rings. The lowest BCUT2D eigenvalue weighted by Gasteiger charge is -2.17. The first-order valence-electron chi connectivity index (χ1n) is 18.3. The molecule has 55 heavy (non-hydrogen) atoms. The van der Waals surface area contributed by atoms with Crippen LogP contribution >= 0.6 is 0 Å². The SMILES string of the molecule is [C-]#[N+]c1ccc2c3ccccc3n(-c3c([N+]#[C-])cccc3-c3ccc(-n4c5ccccc5c5c(-n6c7ccccc7c7ccccc76)cccc54)cc3)c2c1. The van der Waals surface area contributed by atoms with E-state index in [1.165, 1.54) is 32.6 Å². The third-order valence-electron chi connectivity index (χ3n) is 11.1. The first-order valence-corrected chi connectivity index (χ1v) is 18.3. The molecule has 3 heterocycles. The van der Waals surface area contributed by atoms with Crippen molar-refractivity contribution in [2.24, 2.45) is 0 Å². The number of benzene rings is 8. The zero-order valence-corrected chi connectivity index (χ0v) is 29.5. The molecule has 5 heteroatoms. The normalized spacial score (nSPS) is 11.6. The van der Waals surface area contributed by atoms with Gasteiger partial charge in [-0.1, -0.05) is 121 Å². The molecule has 0 amide bonds. The van der Waals surface area contributed by atoms with E-state index in [0.29, 0.717) is 11.4 Å². The monoisotopic (exact) mass is 699 g/mol. The van der Waals surface area contributed by atoms with Crippen LogP contribution in [0.3, 0.4) is 0 Å². The molecule has 0 aliphatic heterocycles. The maximum atomic E-state index is 8.24. The highest BCUT2D eigenvalue weighted by molar-refractivity contribution is 6.16. The van der Waals surface area contributed by atoms with Gasteiger partial charge in [-0.25, -0.2) is 9.69 Å². The van der Waals surface area contributed by atoms with Crippen molar-refractivity contribution in [1.82, 2.24) is 13.7 Å². The first kappa shape index (κ1) is 30.7. The maximum Gasteiger partial charge on any atom is 0.211 e. The van der Waals surface area contributed by atoms with Crippen LogP contribution in [-0.2, 0) is 0 Å². The number of fused-ring (bicyclic) bond motifs is 9. The fraction of sp³-hybridized carbons (Fsp3) is 0. The lowest BCUT2D eigenvalue weighted by molar-refractivity contribution is 1.17. The van der Waals surface area contributed by atoms with Gasteiger partial charge in [0.2, 0.25) is 5.69 Å². The first-order chi connectivity index (χ1) is 27.2. The van der Waals surface area contributed by atoms with Crippen LogP contribution in [0.25, 0.3) is 103 Å². The molecule has 0 N–H and O–H groups in total. The Labute approximate surface area is 316 Å². The summed E-state index contributed by atoms with van der Waals surface area (Å²) in [5.41, 5.74) is 12.6. The molecule has 5 nitrogen and oxygen atoms in total. The van der Waals surface area contributed by atoms with Crippen molar-refractivity contribution in [2.75, 3.05) is 0 Å². The average molecular weight is 700 g/mol. The van der Waals surface area contributed by atoms with Crippen molar-refractivity contribution in [3.05, 3.63) is 199 Å². The third-order valence-corrected chi connectivity index (χ3v) is 11.1. The van der Waals surface area contributed by atoms with Gasteiger partial charge in [0.1, 0.15) is 0 Å². The van der Waals surface area contributed by atoms with Crippen molar-refractivity contribution in [1.29, 1.82) is 0 Å². The molecular weight excluding hydrogens is 671 g/mol. The van der Waals surface area contributed by atoms with E-state index in [0.717, 1.165) is 61.0 Å². The lowest BCUT2D eigenvalue weighted by atomic mass is 10.0. The molecule has 0 aliphatic carbocycles. The molecule has 8 aromatic carbocycles. The van der Waals surface area contributed by atoms with E-state index in [2.05, 4.69) is 157 Å². The smallest absolute Gasteiger partial charge is 0.211 e. The molecule has 0 spiro atoms. The van der Waals surface area contributed by atoms with Gasteiger partial charge >= 0.3 is 0 Å². The highest BCUT2D eigenvalue weighted by Crippen LogP contribution is 2.43. The van der Waals surface area contributed by atoms with Crippen LogP contribution in [-0.4, -0.2) is 13.7 Å². The van der Waals surface area contributed by atoms with Gasteiger partial charge in [0, 0.05) is 43.5 Å². The number of nitrogens with zero attached hydrogens (tertiary/aromatic N) is 5. The summed E-state index contributed by atoms with van der Waals surface area (Å²) in [5, 5.41) is 7.01. The fourth-order valence-corrected chi connectivity index (χ4v) is 8.80. The van der Waals surface area contributed by atoms with Crippen molar-refractivity contribution >= 4 is 76.8 Å². The van der Waals surface area contributed by atoms with E-state index in [1.807, 2.05) is 42.5 Å². The van der Waals surface area contributed by atoms with Gasteiger partial charge in [-0.05, 0) is 65.7 Å². The maximum absolute atomic E-state index is 8.24. The molecule has 0 unspecified atom stereocenters. The molecule has 0 aliphatic rings. The Bertz CT molecular complexity index is 3400. The van der Waals surface area contributed by atoms with E-state index in [4.69, 9.17) is 13.1 Å². The van der Waals surface area contributed by atoms with E-state index < -0.39 is 0 Å². The van der Waals surface area contributed by atoms with Gasteiger partial charge in [-0.2, -0.15) is 0 Å². The van der Waals surface area contributed by atoms with Crippen molar-refractivity contribution < 1.29 is 0 Å². The number of aromatic nitrogens is 3. The predicted molar refractivity (Wildman–Crippen MR) is 227 cm³/mol. The summed E-state index contributed by atoms with van der Waals surface area (Å²) >= 11 is 0. The third kappa shape index (κ3) is 4.39. The molecule has 11 aromatic rings. The molecule has 3 aromatic heterocycles. The largest absolute Gasteiger partial charge is 0.320 e. The molecule has 0 atom stereocenters. The van der Waals surface area contributed by atoms with Gasteiger partial charge in [0.05, 0.1) is 52.1 Å². The minimum absolute atomic E-state index is 0.553. The number of hydrogen-bond acceptors (Lipinski definition) is 0. The summed E-state index contributed by atoms with van der Waals surface area (Å²) in [5.74, 6) is 0. The Kier molecular flexibility index (Phi) is 6.61. The Hall–Kier alpha value is -7.86. The van der Waals surface area contributed by atoms with E-state index in [1.54, 1.807) is 0 Å². The molecule has 0 saturated heterocycles. The lowest BCUT2D eigenvalue weighted by Crippen LogP contribution is -1.98. The summed E-state index contributed by atoms with van der Waals surface area (Å²) in [6.07, 6.45) is 0. The van der Waals surface area contributed by atoms with E-state index >= 15 is 0 Å². The van der Waals surface area contributed by atoms with Crippen LogP contribution in [0.5, 0.6) is 0 Å². The van der Waals surface area contributed by atoms with Crippen molar-refractivity contribution in [3.8, 4) is 28.2 Å². The zero-order chi connectivity index (χ0) is 36.6. The van der Waals surface area contributed by atoms with E-state index in [9.17, 15) is 0 Å². The number of rotatable bonds is 4. The highest BCUT2D eigenvalue weighted by Gasteiger charge is 2.21.